The number of nitrogens with zero attached hydrogens (tertiary/aromatic N) is 3. The molecule has 1 aliphatic rings. The van der Waals surface area contributed by atoms with Gasteiger partial charge >= 0.3 is 0 Å². The zero-order valence-electron chi connectivity index (χ0n) is 13.2. The maximum absolute atomic E-state index is 12.2. The highest BCUT2D eigenvalue weighted by Crippen LogP contribution is 2.22. The molecule has 2 heterocycles. The van der Waals surface area contributed by atoms with Crippen LogP contribution in [-0.2, 0) is 0 Å². The van der Waals surface area contributed by atoms with Crippen molar-refractivity contribution in [3.8, 4) is 17.5 Å². The van der Waals surface area contributed by atoms with Crippen LogP contribution in [0.4, 0.5) is 0 Å². The van der Waals surface area contributed by atoms with Crippen LogP contribution in [0.25, 0.3) is 11.3 Å². The summed E-state index contributed by atoms with van der Waals surface area (Å²) in [5.74, 6) is -0.106. The molecular weight excluding hydrogens is 292 g/mol. The van der Waals surface area contributed by atoms with Gasteiger partial charge in [0.25, 0.3) is 5.91 Å². The average molecular weight is 310 g/mol. The minimum absolute atomic E-state index is 0.0303. The van der Waals surface area contributed by atoms with E-state index in [-0.39, 0.29) is 17.7 Å². The van der Waals surface area contributed by atoms with Gasteiger partial charge in [0.2, 0.25) is 5.76 Å². The van der Waals surface area contributed by atoms with E-state index in [1.54, 1.807) is 11.0 Å². The van der Waals surface area contributed by atoms with Gasteiger partial charge in [0.1, 0.15) is 5.69 Å². The number of aryl methyl sites for hydroxylation is 2. The molecule has 6 nitrogen and oxygen atoms in total. The monoisotopic (exact) mass is 310 g/mol. The van der Waals surface area contributed by atoms with E-state index in [2.05, 4.69) is 16.7 Å². The van der Waals surface area contributed by atoms with E-state index < -0.39 is 0 Å². The van der Waals surface area contributed by atoms with Crippen LogP contribution in [-0.4, -0.2) is 35.1 Å². The third kappa shape index (κ3) is 3.19. The molecule has 1 amide bonds. The van der Waals surface area contributed by atoms with Crippen LogP contribution in [0.1, 0.15) is 28.1 Å². The van der Waals surface area contributed by atoms with Crippen LogP contribution in [0.15, 0.2) is 28.8 Å². The van der Waals surface area contributed by atoms with Gasteiger partial charge in [-0.05, 0) is 37.5 Å². The van der Waals surface area contributed by atoms with Crippen molar-refractivity contribution in [1.82, 2.24) is 15.4 Å². The normalized spacial score (nSPS) is 17.1. The minimum atomic E-state index is -0.294. The lowest BCUT2D eigenvalue weighted by molar-refractivity contribution is 0.0901. The van der Waals surface area contributed by atoms with Crippen LogP contribution in [0.5, 0.6) is 0 Å². The second-order valence-electron chi connectivity index (χ2n) is 5.88. The number of hydrogen-bond donors (Lipinski definition) is 1. The number of nitrogens with one attached hydrogen (secondary N) is 1. The zero-order valence-corrected chi connectivity index (χ0v) is 13.2. The first-order chi connectivity index (χ1) is 11.1. The molecule has 3 rings (SSSR count). The fourth-order valence-electron chi connectivity index (χ4n) is 2.64. The molecule has 1 aromatic carbocycles. The number of carbonyl (C=O) groups is 1. The molecule has 2 aromatic rings. The van der Waals surface area contributed by atoms with Crippen LogP contribution in [0, 0.1) is 25.3 Å². The van der Waals surface area contributed by atoms with Gasteiger partial charge in [-0.2, -0.15) is 5.26 Å². The minimum Gasteiger partial charge on any atom is -0.350 e. The molecule has 0 radical (unpaired) electrons. The molecule has 1 N–H and O–H groups in total. The Hall–Kier alpha value is -2.81. The molecule has 1 unspecified atom stereocenters. The van der Waals surface area contributed by atoms with Crippen molar-refractivity contribution in [3.05, 3.63) is 41.2 Å². The third-order valence-corrected chi connectivity index (χ3v) is 4.20. The fraction of sp³-hybridized carbons (Fsp3) is 0.353. The Morgan fingerprint density at radius 3 is 2.91 bits per heavy atom. The van der Waals surface area contributed by atoms with Gasteiger partial charge in [-0.1, -0.05) is 17.3 Å². The van der Waals surface area contributed by atoms with Crippen molar-refractivity contribution in [1.29, 1.82) is 5.26 Å². The first-order valence-corrected chi connectivity index (χ1v) is 7.56. The van der Waals surface area contributed by atoms with E-state index in [4.69, 9.17) is 9.78 Å². The molecule has 1 aromatic heterocycles. The number of nitriles is 1. The highest BCUT2D eigenvalue weighted by Gasteiger charge is 2.25. The molecule has 118 valence electrons. The maximum Gasteiger partial charge on any atom is 0.290 e. The Morgan fingerprint density at radius 1 is 1.39 bits per heavy atom. The number of hydrogen-bond acceptors (Lipinski definition) is 5. The van der Waals surface area contributed by atoms with Gasteiger partial charge in [0, 0.05) is 30.8 Å². The van der Waals surface area contributed by atoms with Crippen molar-refractivity contribution in [2.45, 2.75) is 26.3 Å². The van der Waals surface area contributed by atoms with Gasteiger partial charge in [-0.15, -0.1) is 0 Å². The number of amides is 1. The number of rotatable bonds is 3. The Balaban J connectivity index is 1.70. The van der Waals surface area contributed by atoms with E-state index in [9.17, 15) is 4.79 Å². The summed E-state index contributed by atoms with van der Waals surface area (Å²) in [5.41, 5.74) is 3.94. The van der Waals surface area contributed by atoms with Crippen molar-refractivity contribution >= 4 is 5.91 Å². The third-order valence-electron chi connectivity index (χ3n) is 4.20. The predicted molar refractivity (Wildman–Crippen MR) is 84.5 cm³/mol. The molecule has 0 aliphatic carbocycles. The van der Waals surface area contributed by atoms with E-state index >= 15 is 0 Å². The summed E-state index contributed by atoms with van der Waals surface area (Å²) in [6.45, 7) is 5.30. The zero-order chi connectivity index (χ0) is 16.4. The number of carbonyl (C=O) groups excluding carboxylic acids is 1. The highest BCUT2D eigenvalue weighted by atomic mass is 16.5. The van der Waals surface area contributed by atoms with Crippen molar-refractivity contribution < 1.29 is 9.32 Å². The standard InChI is InChI=1S/C17H18N4O2/c1-11-3-4-13(7-12(11)2)15-8-16(23-20-15)17(22)19-14-5-6-21(9-14)10-18/h3-4,7-8,14H,5-6,9H2,1-2H3,(H,19,22). The Bertz CT molecular complexity index is 775. The van der Waals surface area contributed by atoms with E-state index in [0.717, 1.165) is 12.0 Å². The molecule has 6 heteroatoms. The van der Waals surface area contributed by atoms with Crippen molar-refractivity contribution in [2.75, 3.05) is 13.1 Å². The van der Waals surface area contributed by atoms with E-state index in [1.165, 1.54) is 11.1 Å². The fourth-order valence-corrected chi connectivity index (χ4v) is 2.64. The van der Waals surface area contributed by atoms with Crippen LogP contribution < -0.4 is 5.32 Å². The summed E-state index contributed by atoms with van der Waals surface area (Å²) in [5, 5.41) is 15.7. The Labute approximate surface area is 134 Å². The average Bonchev–Trinajstić information content (AvgIpc) is 3.19. The number of likely N-dealkylation sites (tertiary alicyclic amines) is 1. The molecule has 0 bridgehead atoms. The number of benzene rings is 1. The summed E-state index contributed by atoms with van der Waals surface area (Å²) in [4.78, 5) is 13.8. The van der Waals surface area contributed by atoms with Gasteiger partial charge in [-0.3, -0.25) is 4.79 Å². The van der Waals surface area contributed by atoms with Crippen LogP contribution in [0.2, 0.25) is 0 Å². The molecule has 0 spiro atoms. The summed E-state index contributed by atoms with van der Waals surface area (Å²) in [6.07, 6.45) is 2.85. The first kappa shape index (κ1) is 15.1. The van der Waals surface area contributed by atoms with Crippen LogP contribution in [0.3, 0.4) is 0 Å². The maximum atomic E-state index is 12.2. The van der Waals surface area contributed by atoms with Gasteiger partial charge in [0.15, 0.2) is 6.19 Å². The second kappa shape index (κ2) is 6.13. The molecule has 0 saturated carbocycles. The molecule has 1 atom stereocenters. The predicted octanol–water partition coefficient (Wildman–Crippen LogP) is 2.24. The smallest absolute Gasteiger partial charge is 0.290 e. The Morgan fingerprint density at radius 2 is 2.22 bits per heavy atom. The van der Waals surface area contributed by atoms with Crippen molar-refractivity contribution in [3.63, 3.8) is 0 Å². The summed E-state index contributed by atoms with van der Waals surface area (Å²) < 4.78 is 5.17. The SMILES string of the molecule is Cc1ccc(-c2cc(C(=O)NC3CCN(C#N)C3)on2)cc1C. The van der Waals surface area contributed by atoms with E-state index in [1.807, 2.05) is 32.0 Å². The number of aromatic nitrogens is 1. The van der Waals surface area contributed by atoms with Gasteiger partial charge in [0.05, 0.1) is 0 Å². The van der Waals surface area contributed by atoms with Crippen molar-refractivity contribution in [2.24, 2.45) is 0 Å². The second-order valence-corrected chi connectivity index (χ2v) is 5.88. The molecule has 1 fully saturated rings. The molecule has 1 saturated heterocycles. The van der Waals surface area contributed by atoms with Crippen LogP contribution >= 0.6 is 0 Å². The summed E-state index contributed by atoms with van der Waals surface area (Å²) >= 11 is 0. The topological polar surface area (TPSA) is 82.2 Å². The molecule has 23 heavy (non-hydrogen) atoms. The molecule has 1 aliphatic heterocycles. The summed E-state index contributed by atoms with van der Waals surface area (Å²) in [7, 11) is 0. The van der Waals surface area contributed by atoms with Gasteiger partial charge < -0.3 is 14.7 Å². The Kier molecular flexibility index (Phi) is 4.02. The quantitative estimate of drug-likeness (QED) is 0.879. The van der Waals surface area contributed by atoms with E-state index in [0.29, 0.717) is 18.8 Å². The largest absolute Gasteiger partial charge is 0.350 e. The van der Waals surface area contributed by atoms with Gasteiger partial charge in [-0.25, -0.2) is 0 Å². The lowest BCUT2D eigenvalue weighted by Crippen LogP contribution is -2.36. The lowest BCUT2D eigenvalue weighted by atomic mass is 10.0. The highest BCUT2D eigenvalue weighted by molar-refractivity contribution is 5.92. The lowest BCUT2D eigenvalue weighted by Gasteiger charge is -2.10. The molecular formula is C17H18N4O2. The first-order valence-electron chi connectivity index (χ1n) is 7.56. The summed E-state index contributed by atoms with van der Waals surface area (Å²) in [6, 6.07) is 7.63.